The van der Waals surface area contributed by atoms with Gasteiger partial charge in [0.25, 0.3) is 0 Å². The number of nitrogens with zero attached hydrogens (tertiary/aromatic N) is 1. The third kappa shape index (κ3) is 3.80. The van der Waals surface area contributed by atoms with Crippen molar-refractivity contribution in [2.45, 2.75) is 32.1 Å². The van der Waals surface area contributed by atoms with Gasteiger partial charge in [-0.15, -0.1) is 0 Å². The normalized spacial score (nSPS) is 16.8. The highest BCUT2D eigenvalue weighted by molar-refractivity contribution is 9.10. The molecule has 3 nitrogen and oxygen atoms in total. The molecule has 1 fully saturated rings. The molecule has 1 aromatic heterocycles. The fourth-order valence-electron chi connectivity index (χ4n) is 2.13. The largest absolute Gasteiger partial charge is 0.462 e. The van der Waals surface area contributed by atoms with Crippen LogP contribution in [0.5, 0.6) is 0 Å². The topological polar surface area (TPSA) is 39.2 Å². The molecule has 0 atom stereocenters. The molecule has 92 valence electrons. The van der Waals surface area contributed by atoms with Crippen molar-refractivity contribution in [2.24, 2.45) is 5.92 Å². The zero-order valence-electron chi connectivity index (χ0n) is 9.69. The summed E-state index contributed by atoms with van der Waals surface area (Å²) in [5.74, 6) is 0.284. The summed E-state index contributed by atoms with van der Waals surface area (Å²) in [5, 5.41) is 0. The molecule has 0 amide bonds. The minimum absolute atomic E-state index is 0.268. The van der Waals surface area contributed by atoms with Crippen LogP contribution in [0, 0.1) is 5.92 Å². The van der Waals surface area contributed by atoms with Gasteiger partial charge in [-0.1, -0.05) is 19.3 Å². The first kappa shape index (κ1) is 12.6. The van der Waals surface area contributed by atoms with Crippen LogP contribution in [0.3, 0.4) is 0 Å². The Morgan fingerprint density at radius 2 is 2.12 bits per heavy atom. The van der Waals surface area contributed by atoms with Crippen molar-refractivity contribution >= 4 is 21.9 Å². The number of aromatic nitrogens is 1. The zero-order valence-corrected chi connectivity index (χ0v) is 11.3. The summed E-state index contributed by atoms with van der Waals surface area (Å²) in [7, 11) is 0. The fraction of sp³-hybridized carbons (Fsp3) is 0.538. The van der Waals surface area contributed by atoms with Crippen LogP contribution in [-0.4, -0.2) is 17.6 Å². The second-order valence-electron chi connectivity index (χ2n) is 4.47. The molecule has 0 saturated heterocycles. The highest BCUT2D eigenvalue weighted by Gasteiger charge is 2.16. The van der Waals surface area contributed by atoms with E-state index in [0.29, 0.717) is 18.1 Å². The number of carbonyl (C=O) groups is 1. The monoisotopic (exact) mass is 297 g/mol. The lowest BCUT2D eigenvalue weighted by molar-refractivity contribution is 0.0410. The number of ether oxygens (including phenoxy) is 1. The second-order valence-corrected chi connectivity index (χ2v) is 5.28. The molecular formula is C13H16BrNO2. The van der Waals surface area contributed by atoms with E-state index >= 15 is 0 Å². The standard InChI is InChI=1S/C13H16BrNO2/c14-12-7-6-11(8-15-12)13(16)17-9-10-4-2-1-3-5-10/h6-8,10H,1-5,9H2. The number of carbonyl (C=O) groups excluding carboxylic acids is 1. The molecule has 0 bridgehead atoms. The Balaban J connectivity index is 1.82. The van der Waals surface area contributed by atoms with E-state index in [0.717, 1.165) is 4.60 Å². The van der Waals surface area contributed by atoms with Crippen molar-refractivity contribution in [3.63, 3.8) is 0 Å². The number of pyridine rings is 1. The van der Waals surface area contributed by atoms with Crippen molar-refractivity contribution in [3.05, 3.63) is 28.5 Å². The Morgan fingerprint density at radius 3 is 2.76 bits per heavy atom. The van der Waals surface area contributed by atoms with Gasteiger partial charge < -0.3 is 4.74 Å². The Kier molecular flexibility index (Phi) is 4.54. The number of hydrogen-bond acceptors (Lipinski definition) is 3. The van der Waals surface area contributed by atoms with E-state index in [1.54, 1.807) is 12.1 Å². The molecule has 1 aliphatic rings. The van der Waals surface area contributed by atoms with Crippen LogP contribution in [-0.2, 0) is 4.74 Å². The van der Waals surface area contributed by atoms with E-state index in [9.17, 15) is 4.79 Å². The molecule has 1 heterocycles. The predicted molar refractivity (Wildman–Crippen MR) is 68.8 cm³/mol. The van der Waals surface area contributed by atoms with Gasteiger partial charge in [0.05, 0.1) is 12.2 Å². The van der Waals surface area contributed by atoms with Gasteiger partial charge in [0.2, 0.25) is 0 Å². The van der Waals surface area contributed by atoms with E-state index in [1.807, 2.05) is 0 Å². The summed E-state index contributed by atoms with van der Waals surface area (Å²) in [4.78, 5) is 15.7. The van der Waals surface area contributed by atoms with Crippen molar-refractivity contribution in [1.82, 2.24) is 4.98 Å². The predicted octanol–water partition coefficient (Wildman–Crippen LogP) is 3.58. The van der Waals surface area contributed by atoms with Crippen LogP contribution in [0.1, 0.15) is 42.5 Å². The maximum Gasteiger partial charge on any atom is 0.339 e. The quantitative estimate of drug-likeness (QED) is 0.632. The lowest BCUT2D eigenvalue weighted by atomic mass is 9.90. The Hall–Kier alpha value is -0.900. The Bertz CT molecular complexity index is 372. The third-order valence-corrected chi connectivity index (χ3v) is 3.61. The molecule has 0 aromatic carbocycles. The average molecular weight is 298 g/mol. The number of hydrogen-bond donors (Lipinski definition) is 0. The molecule has 4 heteroatoms. The average Bonchev–Trinajstić information content (AvgIpc) is 2.38. The Morgan fingerprint density at radius 1 is 1.35 bits per heavy atom. The molecule has 17 heavy (non-hydrogen) atoms. The molecule has 1 aromatic rings. The van der Waals surface area contributed by atoms with Gasteiger partial charge in [0.1, 0.15) is 4.60 Å². The lowest BCUT2D eigenvalue weighted by Crippen LogP contribution is -2.16. The summed E-state index contributed by atoms with van der Waals surface area (Å²) >= 11 is 3.23. The summed E-state index contributed by atoms with van der Waals surface area (Å²) < 4.78 is 6.04. The van der Waals surface area contributed by atoms with Gasteiger partial charge in [-0.25, -0.2) is 9.78 Å². The second kappa shape index (κ2) is 6.15. The first-order valence-corrected chi connectivity index (χ1v) is 6.83. The van der Waals surface area contributed by atoms with E-state index in [1.165, 1.54) is 38.3 Å². The minimum atomic E-state index is -0.268. The van der Waals surface area contributed by atoms with E-state index in [4.69, 9.17) is 4.74 Å². The number of esters is 1. The maximum atomic E-state index is 11.7. The molecular weight excluding hydrogens is 282 g/mol. The van der Waals surface area contributed by atoms with Crippen LogP contribution < -0.4 is 0 Å². The van der Waals surface area contributed by atoms with E-state index in [2.05, 4.69) is 20.9 Å². The highest BCUT2D eigenvalue weighted by atomic mass is 79.9. The van der Waals surface area contributed by atoms with Crippen LogP contribution in [0.25, 0.3) is 0 Å². The first-order valence-electron chi connectivity index (χ1n) is 6.04. The van der Waals surface area contributed by atoms with Crippen LogP contribution in [0.4, 0.5) is 0 Å². The zero-order chi connectivity index (χ0) is 12.1. The molecule has 0 spiro atoms. The molecule has 0 aliphatic heterocycles. The molecule has 0 N–H and O–H groups in total. The SMILES string of the molecule is O=C(OCC1CCCCC1)c1ccc(Br)nc1. The Labute approximate surface area is 110 Å². The minimum Gasteiger partial charge on any atom is -0.462 e. The van der Waals surface area contributed by atoms with Crippen molar-refractivity contribution < 1.29 is 9.53 Å². The van der Waals surface area contributed by atoms with E-state index in [-0.39, 0.29) is 5.97 Å². The molecule has 2 rings (SSSR count). The summed E-state index contributed by atoms with van der Waals surface area (Å²) in [5.41, 5.74) is 0.518. The lowest BCUT2D eigenvalue weighted by Gasteiger charge is -2.20. The first-order chi connectivity index (χ1) is 8.25. The molecule has 0 radical (unpaired) electrons. The third-order valence-electron chi connectivity index (χ3n) is 3.14. The van der Waals surface area contributed by atoms with Gasteiger partial charge in [-0.2, -0.15) is 0 Å². The van der Waals surface area contributed by atoms with Gasteiger partial charge >= 0.3 is 5.97 Å². The van der Waals surface area contributed by atoms with Gasteiger partial charge in [-0.05, 0) is 46.8 Å². The molecule has 1 aliphatic carbocycles. The van der Waals surface area contributed by atoms with Gasteiger partial charge in [0, 0.05) is 6.20 Å². The maximum absolute atomic E-state index is 11.7. The van der Waals surface area contributed by atoms with Crippen LogP contribution in [0.2, 0.25) is 0 Å². The van der Waals surface area contributed by atoms with Crippen molar-refractivity contribution in [2.75, 3.05) is 6.61 Å². The molecule has 0 unspecified atom stereocenters. The highest BCUT2D eigenvalue weighted by Crippen LogP contribution is 2.23. The summed E-state index contributed by atoms with van der Waals surface area (Å²) in [6.45, 7) is 0.550. The van der Waals surface area contributed by atoms with Crippen LogP contribution in [0.15, 0.2) is 22.9 Å². The molecule has 1 saturated carbocycles. The number of rotatable bonds is 3. The van der Waals surface area contributed by atoms with Gasteiger partial charge in [-0.3, -0.25) is 0 Å². The summed E-state index contributed by atoms with van der Waals surface area (Å²) in [6.07, 6.45) is 7.76. The number of halogens is 1. The van der Waals surface area contributed by atoms with E-state index < -0.39 is 0 Å². The van der Waals surface area contributed by atoms with Gasteiger partial charge in [0.15, 0.2) is 0 Å². The summed E-state index contributed by atoms with van der Waals surface area (Å²) in [6, 6.07) is 3.47. The van der Waals surface area contributed by atoms with Crippen molar-refractivity contribution in [1.29, 1.82) is 0 Å². The van der Waals surface area contributed by atoms with Crippen LogP contribution >= 0.6 is 15.9 Å². The smallest absolute Gasteiger partial charge is 0.339 e. The van der Waals surface area contributed by atoms with Crippen molar-refractivity contribution in [3.8, 4) is 0 Å². The fourth-order valence-corrected chi connectivity index (χ4v) is 2.36.